The smallest absolute Gasteiger partial charge is 0.280 e. The summed E-state index contributed by atoms with van der Waals surface area (Å²) >= 11 is 0. The molecule has 1 aromatic heterocycles. The van der Waals surface area contributed by atoms with Gasteiger partial charge in [0.1, 0.15) is 0 Å². The minimum atomic E-state index is -0.435. The summed E-state index contributed by atoms with van der Waals surface area (Å²) in [6.45, 7) is 1.30. The number of anilines is 1. The third-order valence-electron chi connectivity index (χ3n) is 4.76. The van der Waals surface area contributed by atoms with Gasteiger partial charge in [0.25, 0.3) is 11.5 Å². The van der Waals surface area contributed by atoms with Crippen LogP contribution in [0.1, 0.15) is 23.3 Å². The number of H-pyrrole nitrogens is 1. The summed E-state index contributed by atoms with van der Waals surface area (Å²) in [7, 11) is 0. The molecule has 1 atom stereocenters. The van der Waals surface area contributed by atoms with Gasteiger partial charge in [0.2, 0.25) is 0 Å². The van der Waals surface area contributed by atoms with Crippen LogP contribution in [0.2, 0.25) is 0 Å². The van der Waals surface area contributed by atoms with Crippen LogP contribution < -0.4 is 10.9 Å². The molecule has 26 heavy (non-hydrogen) atoms. The maximum Gasteiger partial charge on any atom is 0.280 e. The van der Waals surface area contributed by atoms with Crippen LogP contribution in [0.25, 0.3) is 11.0 Å². The quantitative estimate of drug-likeness (QED) is 0.760. The Bertz CT molecular complexity index is 984. The summed E-state index contributed by atoms with van der Waals surface area (Å²) < 4.78 is 0. The van der Waals surface area contributed by atoms with E-state index in [0.29, 0.717) is 24.1 Å². The number of fused-ring (bicyclic) bond motifs is 1. The highest BCUT2D eigenvalue weighted by atomic mass is 16.2. The number of hydrogen-bond donors (Lipinski definition) is 2. The number of amides is 1. The molecule has 4 rings (SSSR count). The Morgan fingerprint density at radius 1 is 1.15 bits per heavy atom. The molecule has 1 unspecified atom stereocenters. The molecule has 2 N–H and O–H groups in total. The van der Waals surface area contributed by atoms with Gasteiger partial charge in [-0.3, -0.25) is 9.59 Å². The van der Waals surface area contributed by atoms with Crippen molar-refractivity contribution in [2.45, 2.75) is 18.9 Å². The van der Waals surface area contributed by atoms with Crippen molar-refractivity contribution in [3.63, 3.8) is 0 Å². The number of aromatic nitrogens is 2. The first-order valence-electron chi connectivity index (χ1n) is 8.81. The third kappa shape index (κ3) is 3.18. The Labute approximate surface area is 150 Å². The molecule has 0 radical (unpaired) electrons. The SMILES string of the molecule is O=C(c1nc2ccccc2[nH]c1=O)N1CCCC1CNc1ccccc1. The summed E-state index contributed by atoms with van der Waals surface area (Å²) in [6, 6.07) is 17.2. The first kappa shape index (κ1) is 16.3. The van der Waals surface area contributed by atoms with E-state index >= 15 is 0 Å². The topological polar surface area (TPSA) is 78.1 Å². The lowest BCUT2D eigenvalue weighted by Crippen LogP contribution is -2.42. The minimum absolute atomic E-state index is 0.0321. The zero-order chi connectivity index (χ0) is 17.9. The minimum Gasteiger partial charge on any atom is -0.383 e. The van der Waals surface area contributed by atoms with E-state index in [2.05, 4.69) is 15.3 Å². The van der Waals surface area contributed by atoms with Gasteiger partial charge in [0.15, 0.2) is 5.69 Å². The molecule has 0 saturated carbocycles. The van der Waals surface area contributed by atoms with E-state index in [1.54, 1.807) is 17.0 Å². The van der Waals surface area contributed by atoms with Gasteiger partial charge in [-0.15, -0.1) is 0 Å². The van der Waals surface area contributed by atoms with Crippen LogP contribution in [0.3, 0.4) is 0 Å². The molecular weight excluding hydrogens is 328 g/mol. The highest BCUT2D eigenvalue weighted by Crippen LogP contribution is 2.20. The van der Waals surface area contributed by atoms with Crippen molar-refractivity contribution in [1.29, 1.82) is 0 Å². The zero-order valence-corrected chi connectivity index (χ0v) is 14.3. The maximum absolute atomic E-state index is 12.9. The van der Waals surface area contributed by atoms with Gasteiger partial charge in [-0.1, -0.05) is 30.3 Å². The van der Waals surface area contributed by atoms with Crippen molar-refractivity contribution in [2.75, 3.05) is 18.4 Å². The van der Waals surface area contributed by atoms with E-state index in [-0.39, 0.29) is 17.6 Å². The van der Waals surface area contributed by atoms with E-state index < -0.39 is 5.56 Å². The first-order valence-corrected chi connectivity index (χ1v) is 8.81. The Balaban J connectivity index is 1.55. The van der Waals surface area contributed by atoms with Gasteiger partial charge >= 0.3 is 0 Å². The van der Waals surface area contributed by atoms with Gasteiger partial charge in [0, 0.05) is 24.8 Å². The number of carbonyl (C=O) groups is 1. The average Bonchev–Trinajstić information content (AvgIpc) is 3.15. The second kappa shape index (κ2) is 7.00. The number of hydrogen-bond acceptors (Lipinski definition) is 4. The molecule has 1 amide bonds. The van der Waals surface area contributed by atoms with Gasteiger partial charge in [-0.2, -0.15) is 0 Å². The molecule has 2 heterocycles. The molecule has 132 valence electrons. The molecule has 1 aliphatic rings. The predicted molar refractivity (Wildman–Crippen MR) is 101 cm³/mol. The maximum atomic E-state index is 12.9. The zero-order valence-electron chi connectivity index (χ0n) is 14.3. The van der Waals surface area contributed by atoms with Crippen molar-refractivity contribution < 1.29 is 4.79 Å². The summed E-state index contributed by atoms with van der Waals surface area (Å²) in [4.78, 5) is 34.1. The number of likely N-dealkylation sites (tertiary alicyclic amines) is 1. The molecule has 0 spiro atoms. The Kier molecular flexibility index (Phi) is 4.39. The van der Waals surface area contributed by atoms with Crippen LogP contribution in [0, 0.1) is 0 Å². The summed E-state index contributed by atoms with van der Waals surface area (Å²) in [5.74, 6) is -0.297. The van der Waals surface area contributed by atoms with Gasteiger partial charge in [0.05, 0.1) is 11.0 Å². The largest absolute Gasteiger partial charge is 0.383 e. The van der Waals surface area contributed by atoms with Crippen LogP contribution in [-0.4, -0.2) is 39.9 Å². The van der Waals surface area contributed by atoms with Crippen LogP contribution in [0.5, 0.6) is 0 Å². The van der Waals surface area contributed by atoms with Crippen LogP contribution in [0.15, 0.2) is 59.4 Å². The number of aromatic amines is 1. The molecule has 1 aliphatic heterocycles. The lowest BCUT2D eigenvalue weighted by Gasteiger charge is -2.24. The van der Waals surface area contributed by atoms with Crippen molar-refractivity contribution in [2.24, 2.45) is 0 Å². The fourth-order valence-electron chi connectivity index (χ4n) is 3.42. The number of benzene rings is 2. The number of para-hydroxylation sites is 3. The Hall–Kier alpha value is -3.15. The lowest BCUT2D eigenvalue weighted by atomic mass is 10.2. The van der Waals surface area contributed by atoms with Crippen LogP contribution in [0.4, 0.5) is 5.69 Å². The van der Waals surface area contributed by atoms with Crippen molar-refractivity contribution in [1.82, 2.24) is 14.9 Å². The molecule has 1 saturated heterocycles. The highest BCUT2D eigenvalue weighted by molar-refractivity contribution is 5.94. The van der Waals surface area contributed by atoms with Crippen molar-refractivity contribution >= 4 is 22.6 Å². The van der Waals surface area contributed by atoms with Crippen molar-refractivity contribution in [3.8, 4) is 0 Å². The van der Waals surface area contributed by atoms with Gasteiger partial charge in [-0.05, 0) is 37.1 Å². The fraction of sp³-hybridized carbons (Fsp3) is 0.250. The van der Waals surface area contributed by atoms with Crippen LogP contribution >= 0.6 is 0 Å². The Morgan fingerprint density at radius 2 is 1.92 bits per heavy atom. The molecule has 0 bridgehead atoms. The number of nitrogens with one attached hydrogen (secondary N) is 2. The monoisotopic (exact) mass is 348 g/mol. The molecule has 0 aliphatic carbocycles. The van der Waals surface area contributed by atoms with E-state index in [9.17, 15) is 9.59 Å². The van der Waals surface area contributed by atoms with E-state index in [1.807, 2.05) is 42.5 Å². The molecular formula is C20H20N4O2. The standard InChI is InChI=1S/C20H20N4O2/c25-19-18(22-16-10-4-5-11-17(16)23-19)20(26)24-12-6-9-15(24)13-21-14-7-2-1-3-8-14/h1-5,7-8,10-11,15,21H,6,9,12-13H2,(H,23,25). The second-order valence-corrected chi connectivity index (χ2v) is 6.47. The van der Waals surface area contributed by atoms with E-state index in [0.717, 1.165) is 18.5 Å². The lowest BCUT2D eigenvalue weighted by molar-refractivity contribution is 0.0736. The third-order valence-corrected chi connectivity index (χ3v) is 4.76. The molecule has 1 fully saturated rings. The van der Waals surface area contributed by atoms with Crippen molar-refractivity contribution in [3.05, 3.63) is 70.6 Å². The number of nitrogens with zero attached hydrogens (tertiary/aromatic N) is 2. The van der Waals surface area contributed by atoms with Gasteiger partial charge < -0.3 is 15.2 Å². The molecule has 6 heteroatoms. The molecule has 6 nitrogen and oxygen atoms in total. The normalized spacial score (nSPS) is 16.8. The van der Waals surface area contributed by atoms with Gasteiger partial charge in [-0.25, -0.2) is 4.98 Å². The van der Waals surface area contributed by atoms with E-state index in [1.165, 1.54) is 0 Å². The summed E-state index contributed by atoms with van der Waals surface area (Å²) in [5, 5.41) is 3.37. The molecule has 3 aromatic rings. The van der Waals surface area contributed by atoms with Crippen LogP contribution in [-0.2, 0) is 0 Å². The fourth-order valence-corrected chi connectivity index (χ4v) is 3.42. The summed E-state index contributed by atoms with van der Waals surface area (Å²) in [5.41, 5.74) is 1.81. The number of rotatable bonds is 4. The molecule has 2 aromatic carbocycles. The first-order chi connectivity index (χ1) is 12.7. The predicted octanol–water partition coefficient (Wildman–Crippen LogP) is 2.64. The number of carbonyl (C=O) groups excluding carboxylic acids is 1. The second-order valence-electron chi connectivity index (χ2n) is 6.47. The van der Waals surface area contributed by atoms with E-state index in [4.69, 9.17) is 0 Å². The average molecular weight is 348 g/mol. The Morgan fingerprint density at radius 3 is 2.77 bits per heavy atom. The summed E-state index contributed by atoms with van der Waals surface area (Å²) in [6.07, 6.45) is 1.84. The highest BCUT2D eigenvalue weighted by Gasteiger charge is 2.31.